The van der Waals surface area contributed by atoms with Crippen molar-refractivity contribution in [3.8, 4) is 0 Å². The Bertz CT molecular complexity index is 429. The van der Waals surface area contributed by atoms with Gasteiger partial charge in [-0.1, -0.05) is 55.4 Å². The molecule has 0 N–H and O–H groups in total. The largest absolute Gasteiger partial charge is 0.508 e. The molecule has 4 atom stereocenters. The summed E-state index contributed by atoms with van der Waals surface area (Å²) < 4.78 is 10.9. The van der Waals surface area contributed by atoms with Gasteiger partial charge in [-0.05, 0) is 35.0 Å². The predicted octanol–water partition coefficient (Wildman–Crippen LogP) is 5.04. The Kier molecular flexibility index (Phi) is 3.67. The van der Waals surface area contributed by atoms with Crippen molar-refractivity contribution in [1.82, 2.24) is 0 Å². The van der Waals surface area contributed by atoms with Crippen LogP contribution in [-0.4, -0.2) is 18.9 Å². The van der Waals surface area contributed by atoms with E-state index in [1.165, 1.54) is 0 Å². The molecule has 1 aliphatic heterocycles. The molecule has 122 valence electrons. The molecule has 1 saturated carbocycles. The molecule has 2 aliphatic rings. The SMILES string of the molecule is CC(C)(C)C1C2(C)COC(=O)OC2CCC1(C)C(C)(C)C. The third-order valence-electron chi connectivity index (χ3n) is 6.28. The van der Waals surface area contributed by atoms with Crippen LogP contribution in [0.4, 0.5) is 4.79 Å². The van der Waals surface area contributed by atoms with Crippen LogP contribution in [0.3, 0.4) is 0 Å². The van der Waals surface area contributed by atoms with Crippen molar-refractivity contribution in [2.24, 2.45) is 27.6 Å². The van der Waals surface area contributed by atoms with E-state index in [0.29, 0.717) is 12.5 Å². The molecule has 0 aromatic carbocycles. The van der Waals surface area contributed by atoms with Crippen LogP contribution in [0.15, 0.2) is 0 Å². The molecular weight excluding hydrogens is 264 g/mol. The first-order valence-electron chi connectivity index (χ1n) is 8.16. The summed E-state index contributed by atoms with van der Waals surface area (Å²) in [6, 6.07) is 0. The van der Waals surface area contributed by atoms with Gasteiger partial charge in [-0.3, -0.25) is 0 Å². The Hall–Kier alpha value is -0.730. The summed E-state index contributed by atoms with van der Waals surface area (Å²) in [4.78, 5) is 11.5. The maximum atomic E-state index is 11.5. The van der Waals surface area contributed by atoms with Crippen LogP contribution < -0.4 is 0 Å². The zero-order valence-corrected chi connectivity index (χ0v) is 15.0. The van der Waals surface area contributed by atoms with Gasteiger partial charge in [0.2, 0.25) is 0 Å². The van der Waals surface area contributed by atoms with E-state index in [0.717, 1.165) is 12.8 Å². The van der Waals surface area contributed by atoms with E-state index in [1.54, 1.807) is 0 Å². The van der Waals surface area contributed by atoms with E-state index in [1.807, 2.05) is 0 Å². The van der Waals surface area contributed by atoms with Gasteiger partial charge in [0, 0.05) is 5.41 Å². The molecule has 21 heavy (non-hydrogen) atoms. The first kappa shape index (κ1) is 16.6. The highest BCUT2D eigenvalue weighted by molar-refractivity contribution is 5.61. The number of carbonyl (C=O) groups is 1. The standard InChI is InChI=1S/C18H32O3/c1-15(2,3)13-17(7)11-20-14(19)21-12(17)9-10-18(13,8)16(4,5)6/h12-13H,9-11H2,1-8H3. The molecule has 0 amide bonds. The second-order valence-electron chi connectivity index (χ2n) is 9.66. The highest BCUT2D eigenvalue weighted by Crippen LogP contribution is 2.65. The fourth-order valence-corrected chi connectivity index (χ4v) is 5.31. The van der Waals surface area contributed by atoms with Crippen LogP contribution in [0.5, 0.6) is 0 Å². The second-order valence-corrected chi connectivity index (χ2v) is 9.66. The smallest absolute Gasteiger partial charge is 0.434 e. The molecule has 1 heterocycles. The van der Waals surface area contributed by atoms with E-state index in [-0.39, 0.29) is 27.8 Å². The van der Waals surface area contributed by atoms with Gasteiger partial charge in [0.25, 0.3) is 0 Å². The van der Waals surface area contributed by atoms with E-state index < -0.39 is 6.16 Å². The Balaban J connectivity index is 2.52. The van der Waals surface area contributed by atoms with Crippen LogP contribution in [0.2, 0.25) is 0 Å². The molecule has 1 aliphatic carbocycles. The lowest BCUT2D eigenvalue weighted by Crippen LogP contribution is -2.63. The number of ether oxygens (including phenoxy) is 2. The highest BCUT2D eigenvalue weighted by Gasteiger charge is 2.63. The van der Waals surface area contributed by atoms with Gasteiger partial charge in [0.05, 0.1) is 0 Å². The quantitative estimate of drug-likeness (QED) is 0.588. The summed E-state index contributed by atoms with van der Waals surface area (Å²) in [5, 5.41) is 0. The molecule has 3 nitrogen and oxygen atoms in total. The van der Waals surface area contributed by atoms with Crippen LogP contribution in [0.25, 0.3) is 0 Å². The molecule has 0 bridgehead atoms. The van der Waals surface area contributed by atoms with Crippen LogP contribution in [0, 0.1) is 27.6 Å². The lowest BCUT2D eigenvalue weighted by atomic mass is 9.42. The topological polar surface area (TPSA) is 35.5 Å². The summed E-state index contributed by atoms with van der Waals surface area (Å²) in [5.74, 6) is 0.421. The fraction of sp³-hybridized carbons (Fsp3) is 0.944. The third kappa shape index (κ3) is 2.47. The number of hydrogen-bond donors (Lipinski definition) is 0. The molecule has 0 aromatic heterocycles. The molecule has 0 radical (unpaired) electrons. The maximum Gasteiger partial charge on any atom is 0.508 e. The van der Waals surface area contributed by atoms with Crippen molar-refractivity contribution in [2.75, 3.05) is 6.61 Å². The van der Waals surface area contributed by atoms with Crippen LogP contribution in [0.1, 0.15) is 68.2 Å². The maximum absolute atomic E-state index is 11.5. The lowest BCUT2D eigenvalue weighted by Gasteiger charge is -2.64. The van der Waals surface area contributed by atoms with Gasteiger partial charge in [0.1, 0.15) is 12.7 Å². The zero-order valence-electron chi connectivity index (χ0n) is 15.0. The number of hydrogen-bond acceptors (Lipinski definition) is 3. The minimum Gasteiger partial charge on any atom is -0.434 e. The summed E-state index contributed by atoms with van der Waals surface area (Å²) in [7, 11) is 0. The lowest BCUT2D eigenvalue weighted by molar-refractivity contribution is -0.223. The number of carbonyl (C=O) groups excluding carboxylic acids is 1. The van der Waals surface area contributed by atoms with Crippen molar-refractivity contribution < 1.29 is 14.3 Å². The summed E-state index contributed by atoms with van der Waals surface area (Å²) in [5.41, 5.74) is 0.388. The summed E-state index contributed by atoms with van der Waals surface area (Å²) in [6.07, 6.45) is 1.51. The highest BCUT2D eigenvalue weighted by atomic mass is 16.7. The minimum atomic E-state index is -0.496. The Morgan fingerprint density at radius 2 is 1.67 bits per heavy atom. The molecule has 0 aromatic rings. The van der Waals surface area contributed by atoms with Gasteiger partial charge in [-0.25, -0.2) is 4.79 Å². The van der Waals surface area contributed by atoms with Crippen LogP contribution >= 0.6 is 0 Å². The molecule has 1 saturated heterocycles. The van der Waals surface area contributed by atoms with Crippen molar-refractivity contribution >= 4 is 6.16 Å². The molecular formula is C18H32O3. The number of fused-ring (bicyclic) bond motifs is 1. The number of rotatable bonds is 0. The Labute approximate surface area is 129 Å². The van der Waals surface area contributed by atoms with Gasteiger partial charge in [0.15, 0.2) is 0 Å². The van der Waals surface area contributed by atoms with Gasteiger partial charge in [-0.15, -0.1) is 0 Å². The first-order valence-corrected chi connectivity index (χ1v) is 8.16. The van der Waals surface area contributed by atoms with E-state index in [2.05, 4.69) is 55.4 Å². The Morgan fingerprint density at radius 3 is 2.14 bits per heavy atom. The van der Waals surface area contributed by atoms with Crippen molar-refractivity contribution in [3.05, 3.63) is 0 Å². The summed E-state index contributed by atoms with van der Waals surface area (Å²) in [6.45, 7) is 19.1. The molecule has 0 spiro atoms. The molecule has 4 unspecified atom stereocenters. The van der Waals surface area contributed by atoms with Gasteiger partial charge >= 0.3 is 6.16 Å². The van der Waals surface area contributed by atoms with Gasteiger partial charge < -0.3 is 9.47 Å². The van der Waals surface area contributed by atoms with E-state index >= 15 is 0 Å². The second kappa shape index (κ2) is 4.63. The first-order chi connectivity index (χ1) is 9.32. The Morgan fingerprint density at radius 1 is 1.10 bits per heavy atom. The van der Waals surface area contributed by atoms with Crippen molar-refractivity contribution in [3.63, 3.8) is 0 Å². The van der Waals surface area contributed by atoms with Crippen LogP contribution in [-0.2, 0) is 9.47 Å². The summed E-state index contributed by atoms with van der Waals surface area (Å²) >= 11 is 0. The third-order valence-corrected chi connectivity index (χ3v) is 6.28. The molecule has 2 fully saturated rings. The van der Waals surface area contributed by atoms with Crippen molar-refractivity contribution in [1.29, 1.82) is 0 Å². The number of cyclic esters (lactones) is 1. The molecule has 2 rings (SSSR count). The van der Waals surface area contributed by atoms with E-state index in [9.17, 15) is 4.79 Å². The van der Waals surface area contributed by atoms with E-state index in [4.69, 9.17) is 9.47 Å². The average molecular weight is 296 g/mol. The fourth-order valence-electron chi connectivity index (χ4n) is 5.31. The zero-order chi connectivity index (χ0) is 16.3. The van der Waals surface area contributed by atoms with Gasteiger partial charge in [-0.2, -0.15) is 0 Å². The minimum absolute atomic E-state index is 0.0154. The molecule has 3 heteroatoms. The van der Waals surface area contributed by atoms with Crippen molar-refractivity contribution in [2.45, 2.75) is 74.3 Å². The predicted molar refractivity (Wildman–Crippen MR) is 84.1 cm³/mol. The average Bonchev–Trinajstić information content (AvgIpc) is 2.27. The normalized spacial score (nSPS) is 41.0. The monoisotopic (exact) mass is 296 g/mol.